The number of benzene rings is 2. The fraction of sp³-hybridized carbons (Fsp3) is 0.208. The standard InChI is InChI=1S/C24H22N2O6S/c1-29-18-9-7-15(8-10-18)20-13-33-22(25-20)16-5-4-6-17(11-16)26-14-32-12-19(23(27)30-2)21(26)24(28)31-3/h4-11,13H,12,14H2,1-3H3. The Balaban J connectivity index is 1.68. The molecular formula is C24H22N2O6S. The van der Waals surface area contributed by atoms with E-state index in [0.717, 1.165) is 27.6 Å². The fourth-order valence-electron chi connectivity index (χ4n) is 3.45. The number of hydrogen-bond donors (Lipinski definition) is 0. The minimum atomic E-state index is -0.639. The first kappa shape index (κ1) is 22.5. The molecule has 0 radical (unpaired) electrons. The summed E-state index contributed by atoms with van der Waals surface area (Å²) in [5.41, 5.74) is 3.58. The predicted octanol–water partition coefficient (Wildman–Crippen LogP) is 3.88. The zero-order valence-corrected chi connectivity index (χ0v) is 19.2. The molecule has 0 saturated heterocycles. The number of carbonyl (C=O) groups is 2. The lowest BCUT2D eigenvalue weighted by Crippen LogP contribution is -2.38. The normalized spacial score (nSPS) is 13.6. The summed E-state index contributed by atoms with van der Waals surface area (Å²) in [4.78, 5) is 31.1. The average Bonchev–Trinajstić information content (AvgIpc) is 3.38. The summed E-state index contributed by atoms with van der Waals surface area (Å²) in [6.45, 7) is 0.0499. The van der Waals surface area contributed by atoms with Gasteiger partial charge in [0, 0.05) is 22.2 Å². The first-order valence-corrected chi connectivity index (χ1v) is 10.9. The van der Waals surface area contributed by atoms with Crippen LogP contribution in [0.1, 0.15) is 0 Å². The van der Waals surface area contributed by atoms with Gasteiger partial charge in [0.15, 0.2) is 0 Å². The lowest BCUT2D eigenvalue weighted by molar-refractivity contribution is -0.140. The number of ether oxygens (including phenoxy) is 4. The molecule has 1 aromatic heterocycles. The van der Waals surface area contributed by atoms with Crippen LogP contribution < -0.4 is 9.64 Å². The number of hydrogen-bond acceptors (Lipinski definition) is 9. The molecule has 0 unspecified atom stereocenters. The van der Waals surface area contributed by atoms with Crippen LogP contribution in [0.15, 0.2) is 65.2 Å². The maximum Gasteiger partial charge on any atom is 0.355 e. The molecule has 0 aliphatic carbocycles. The minimum Gasteiger partial charge on any atom is -0.497 e. The van der Waals surface area contributed by atoms with E-state index in [9.17, 15) is 9.59 Å². The molecule has 0 spiro atoms. The van der Waals surface area contributed by atoms with Gasteiger partial charge in [-0.3, -0.25) is 0 Å². The lowest BCUT2D eigenvalue weighted by atomic mass is 10.1. The number of thiazole rings is 1. The van der Waals surface area contributed by atoms with Crippen LogP contribution in [0.4, 0.5) is 5.69 Å². The van der Waals surface area contributed by atoms with Gasteiger partial charge in [-0.25, -0.2) is 14.6 Å². The fourth-order valence-corrected chi connectivity index (χ4v) is 4.28. The zero-order valence-electron chi connectivity index (χ0n) is 18.4. The second-order valence-electron chi connectivity index (χ2n) is 7.03. The third-order valence-electron chi connectivity index (χ3n) is 5.13. The van der Waals surface area contributed by atoms with E-state index in [1.54, 1.807) is 12.0 Å². The quantitative estimate of drug-likeness (QED) is 0.506. The van der Waals surface area contributed by atoms with Crippen molar-refractivity contribution in [3.8, 4) is 27.6 Å². The van der Waals surface area contributed by atoms with E-state index in [2.05, 4.69) is 0 Å². The highest BCUT2D eigenvalue weighted by Gasteiger charge is 2.32. The van der Waals surface area contributed by atoms with Crippen molar-refractivity contribution in [2.45, 2.75) is 0 Å². The topological polar surface area (TPSA) is 87.2 Å². The Morgan fingerprint density at radius 1 is 1.00 bits per heavy atom. The number of rotatable bonds is 6. The van der Waals surface area contributed by atoms with Crippen LogP contribution in [0, 0.1) is 0 Å². The van der Waals surface area contributed by atoms with Gasteiger partial charge in [0.2, 0.25) is 0 Å². The molecule has 170 valence electrons. The van der Waals surface area contributed by atoms with E-state index in [0.29, 0.717) is 5.69 Å². The Bertz CT molecular complexity index is 1200. The molecule has 0 fully saturated rings. The van der Waals surface area contributed by atoms with Crippen LogP contribution in [0.5, 0.6) is 5.75 Å². The number of anilines is 1. The Hall–Kier alpha value is -3.69. The molecule has 0 atom stereocenters. The van der Waals surface area contributed by atoms with Gasteiger partial charge in [0.05, 0.1) is 39.2 Å². The van der Waals surface area contributed by atoms with Gasteiger partial charge < -0.3 is 23.8 Å². The molecule has 8 nitrogen and oxygen atoms in total. The van der Waals surface area contributed by atoms with Gasteiger partial charge in [0.25, 0.3) is 0 Å². The van der Waals surface area contributed by atoms with Crippen molar-refractivity contribution in [1.82, 2.24) is 4.98 Å². The Morgan fingerprint density at radius 3 is 2.45 bits per heavy atom. The van der Waals surface area contributed by atoms with Gasteiger partial charge in [-0.05, 0) is 36.4 Å². The van der Waals surface area contributed by atoms with Gasteiger partial charge in [-0.2, -0.15) is 0 Å². The Morgan fingerprint density at radius 2 is 1.76 bits per heavy atom. The minimum absolute atomic E-state index is 0.0367. The van der Waals surface area contributed by atoms with E-state index in [1.807, 2.05) is 53.9 Å². The lowest BCUT2D eigenvalue weighted by Gasteiger charge is -2.31. The number of esters is 2. The molecule has 2 heterocycles. The third kappa shape index (κ3) is 4.59. The van der Waals surface area contributed by atoms with Crippen LogP contribution in [-0.2, 0) is 23.8 Å². The largest absolute Gasteiger partial charge is 0.497 e. The molecule has 4 rings (SSSR count). The van der Waals surface area contributed by atoms with Crippen LogP contribution in [0.2, 0.25) is 0 Å². The summed E-state index contributed by atoms with van der Waals surface area (Å²) in [6, 6.07) is 15.2. The molecule has 0 saturated carbocycles. The van der Waals surface area contributed by atoms with Gasteiger partial charge >= 0.3 is 11.9 Å². The number of nitrogens with zero attached hydrogens (tertiary/aromatic N) is 2. The molecule has 9 heteroatoms. The van der Waals surface area contributed by atoms with E-state index in [4.69, 9.17) is 23.9 Å². The van der Waals surface area contributed by atoms with Crippen molar-refractivity contribution in [3.63, 3.8) is 0 Å². The molecule has 2 aromatic carbocycles. The molecular weight excluding hydrogens is 444 g/mol. The maximum atomic E-state index is 12.5. The summed E-state index contributed by atoms with van der Waals surface area (Å²) < 4.78 is 20.5. The summed E-state index contributed by atoms with van der Waals surface area (Å²) in [5.74, 6) is -0.494. The van der Waals surface area contributed by atoms with E-state index < -0.39 is 11.9 Å². The Labute approximate surface area is 195 Å². The molecule has 0 bridgehead atoms. The number of methoxy groups -OCH3 is 3. The Kier molecular flexibility index (Phi) is 6.71. The van der Waals surface area contributed by atoms with E-state index in [-0.39, 0.29) is 24.6 Å². The first-order chi connectivity index (χ1) is 16.0. The van der Waals surface area contributed by atoms with Crippen molar-refractivity contribution in [2.24, 2.45) is 0 Å². The second-order valence-corrected chi connectivity index (χ2v) is 7.89. The number of carbonyl (C=O) groups excluding carboxylic acids is 2. The summed E-state index contributed by atoms with van der Waals surface area (Å²) in [5, 5.41) is 2.81. The molecule has 1 aliphatic rings. The maximum absolute atomic E-state index is 12.5. The summed E-state index contributed by atoms with van der Waals surface area (Å²) >= 11 is 1.51. The number of aromatic nitrogens is 1. The molecule has 33 heavy (non-hydrogen) atoms. The molecule has 0 amide bonds. The average molecular weight is 467 g/mol. The third-order valence-corrected chi connectivity index (χ3v) is 6.02. The van der Waals surface area contributed by atoms with E-state index in [1.165, 1.54) is 25.6 Å². The highest BCUT2D eigenvalue weighted by Crippen LogP contribution is 2.33. The zero-order chi connectivity index (χ0) is 23.4. The van der Waals surface area contributed by atoms with Gasteiger partial charge in [0.1, 0.15) is 23.2 Å². The molecule has 3 aromatic rings. The van der Waals surface area contributed by atoms with Crippen LogP contribution in [-0.4, -0.2) is 51.6 Å². The SMILES string of the molecule is COC(=O)C1=C(C(=O)OC)N(c2cccc(-c3nc(-c4ccc(OC)cc4)cs3)c2)COC1. The predicted molar refractivity (Wildman–Crippen MR) is 124 cm³/mol. The van der Waals surface area contributed by atoms with Crippen molar-refractivity contribution in [3.05, 3.63) is 65.2 Å². The summed E-state index contributed by atoms with van der Waals surface area (Å²) in [6.07, 6.45) is 0. The smallest absolute Gasteiger partial charge is 0.355 e. The highest BCUT2D eigenvalue weighted by atomic mass is 32.1. The van der Waals surface area contributed by atoms with E-state index >= 15 is 0 Å². The first-order valence-electron chi connectivity index (χ1n) is 10.0. The van der Waals surface area contributed by atoms with Crippen molar-refractivity contribution >= 4 is 29.0 Å². The highest BCUT2D eigenvalue weighted by molar-refractivity contribution is 7.13. The molecule has 0 N–H and O–H groups in total. The van der Waals surface area contributed by atoms with Crippen molar-refractivity contribution < 1.29 is 28.5 Å². The van der Waals surface area contributed by atoms with Gasteiger partial charge in [-0.1, -0.05) is 12.1 Å². The van der Waals surface area contributed by atoms with Crippen molar-refractivity contribution in [1.29, 1.82) is 0 Å². The second kappa shape index (κ2) is 9.85. The molecule has 1 aliphatic heterocycles. The summed E-state index contributed by atoms with van der Waals surface area (Å²) in [7, 11) is 4.16. The van der Waals surface area contributed by atoms with Gasteiger partial charge in [-0.15, -0.1) is 11.3 Å². The van der Waals surface area contributed by atoms with Crippen LogP contribution >= 0.6 is 11.3 Å². The monoisotopic (exact) mass is 466 g/mol. The van der Waals surface area contributed by atoms with Crippen LogP contribution in [0.25, 0.3) is 21.8 Å². The van der Waals surface area contributed by atoms with Crippen LogP contribution in [0.3, 0.4) is 0 Å². The van der Waals surface area contributed by atoms with Crippen molar-refractivity contribution in [2.75, 3.05) is 39.6 Å².